The van der Waals surface area contributed by atoms with Crippen LogP contribution in [0.1, 0.15) is 27.2 Å². The molecule has 0 atom stereocenters. The van der Waals surface area contributed by atoms with Crippen LogP contribution < -0.4 is 20.5 Å². The summed E-state index contributed by atoms with van der Waals surface area (Å²) in [7, 11) is 0. The van der Waals surface area contributed by atoms with Crippen LogP contribution in [0.15, 0.2) is 71.7 Å². The first-order valence-corrected chi connectivity index (χ1v) is 13.0. The number of hydrogen-bond acceptors (Lipinski definition) is 7. The molecule has 40 heavy (non-hydrogen) atoms. The summed E-state index contributed by atoms with van der Waals surface area (Å²) in [6.07, 6.45) is 1.72. The number of rotatable bonds is 9. The molecule has 1 saturated heterocycles. The van der Waals surface area contributed by atoms with Crippen LogP contribution in [0.25, 0.3) is 5.65 Å². The van der Waals surface area contributed by atoms with Crippen LogP contribution in [-0.2, 0) is 22.6 Å². The van der Waals surface area contributed by atoms with Gasteiger partial charge in [0.1, 0.15) is 18.1 Å². The van der Waals surface area contributed by atoms with Gasteiger partial charge in [0.2, 0.25) is 5.75 Å². The van der Waals surface area contributed by atoms with Gasteiger partial charge in [0.05, 0.1) is 25.4 Å². The summed E-state index contributed by atoms with van der Waals surface area (Å²) in [5.74, 6) is -1.58. The number of carbonyl (C=O) groups is 2. The van der Waals surface area contributed by atoms with E-state index in [1.165, 1.54) is 28.7 Å². The molecule has 0 unspecified atom stereocenters. The number of pyridine rings is 1. The Bertz CT molecular complexity index is 1580. The molecule has 1 amide bonds. The van der Waals surface area contributed by atoms with Crippen molar-refractivity contribution in [2.75, 3.05) is 37.7 Å². The van der Waals surface area contributed by atoms with E-state index in [1.807, 2.05) is 43.3 Å². The van der Waals surface area contributed by atoms with Crippen LogP contribution in [0.3, 0.4) is 0 Å². The number of ketones is 1. The summed E-state index contributed by atoms with van der Waals surface area (Å²) in [5, 5.41) is 2.57. The fourth-order valence-electron chi connectivity index (χ4n) is 4.53. The predicted molar refractivity (Wildman–Crippen MR) is 147 cm³/mol. The van der Waals surface area contributed by atoms with Crippen LogP contribution in [0, 0.1) is 12.7 Å². The number of halogens is 1. The number of Topliss-reactive ketones (excluding diaryl/α,β-unsaturated/α-hetero) is 1. The van der Waals surface area contributed by atoms with Crippen molar-refractivity contribution in [2.24, 2.45) is 0 Å². The molecule has 1 N–H and O–H groups in total. The number of carbonyl (C=O) groups excluding carboxylic acids is 2. The van der Waals surface area contributed by atoms with Crippen molar-refractivity contribution in [3.8, 4) is 5.75 Å². The third-order valence-corrected chi connectivity index (χ3v) is 6.63. The zero-order valence-corrected chi connectivity index (χ0v) is 22.1. The molecule has 206 valence electrons. The zero-order chi connectivity index (χ0) is 28.1. The number of amides is 1. The topological polar surface area (TPSA) is 102 Å². The monoisotopic (exact) mass is 544 g/mol. The SMILES string of the molecule is Cc1cc(N2CCOCC2)cn2c(=O)c(OCc3ccccc3)c(C(=O)NCC(=O)Cc3ccc(F)cc3)nc12. The van der Waals surface area contributed by atoms with Crippen molar-refractivity contribution in [3.63, 3.8) is 0 Å². The molecule has 1 aliphatic heterocycles. The Morgan fingerprint density at radius 2 is 1.77 bits per heavy atom. The predicted octanol–water partition coefficient (Wildman–Crippen LogP) is 3.10. The maximum Gasteiger partial charge on any atom is 0.301 e. The maximum atomic E-state index is 13.7. The smallest absolute Gasteiger partial charge is 0.301 e. The summed E-state index contributed by atoms with van der Waals surface area (Å²) in [6.45, 7) is 4.15. The van der Waals surface area contributed by atoms with E-state index < -0.39 is 17.3 Å². The maximum absolute atomic E-state index is 13.7. The Kier molecular flexibility index (Phi) is 8.16. The summed E-state index contributed by atoms with van der Waals surface area (Å²) >= 11 is 0. The Morgan fingerprint density at radius 1 is 1.05 bits per heavy atom. The minimum absolute atomic E-state index is 0.0230. The lowest BCUT2D eigenvalue weighted by Gasteiger charge is -2.29. The molecule has 5 rings (SSSR count). The lowest BCUT2D eigenvalue weighted by molar-refractivity contribution is -0.117. The van der Waals surface area contributed by atoms with Crippen molar-refractivity contribution in [2.45, 2.75) is 20.0 Å². The number of benzene rings is 2. The molecule has 1 fully saturated rings. The second-order valence-electron chi connectivity index (χ2n) is 9.57. The fourth-order valence-corrected chi connectivity index (χ4v) is 4.53. The Morgan fingerprint density at radius 3 is 2.50 bits per heavy atom. The van der Waals surface area contributed by atoms with E-state index >= 15 is 0 Å². The highest BCUT2D eigenvalue weighted by molar-refractivity contribution is 5.98. The van der Waals surface area contributed by atoms with Crippen molar-refractivity contribution in [1.82, 2.24) is 14.7 Å². The molecule has 4 aromatic rings. The van der Waals surface area contributed by atoms with E-state index in [4.69, 9.17) is 9.47 Å². The highest BCUT2D eigenvalue weighted by Gasteiger charge is 2.23. The number of ether oxygens (including phenoxy) is 2. The van der Waals surface area contributed by atoms with E-state index in [-0.39, 0.29) is 36.8 Å². The van der Waals surface area contributed by atoms with E-state index in [2.05, 4.69) is 15.2 Å². The van der Waals surface area contributed by atoms with Gasteiger partial charge in [-0.05, 0) is 41.8 Å². The van der Waals surface area contributed by atoms with Crippen molar-refractivity contribution < 1.29 is 23.5 Å². The number of aryl methyl sites for hydroxylation is 1. The Labute approximate surface area is 230 Å². The number of nitrogens with zero attached hydrogens (tertiary/aromatic N) is 3. The van der Waals surface area contributed by atoms with Gasteiger partial charge in [-0.25, -0.2) is 9.37 Å². The highest BCUT2D eigenvalue weighted by atomic mass is 19.1. The van der Waals surface area contributed by atoms with Crippen LogP contribution in [-0.4, -0.2) is 53.9 Å². The number of anilines is 1. The molecule has 0 radical (unpaired) electrons. The molecule has 3 heterocycles. The average Bonchev–Trinajstić information content (AvgIpc) is 2.97. The Hall–Kier alpha value is -4.57. The van der Waals surface area contributed by atoms with Gasteiger partial charge in [-0.1, -0.05) is 42.5 Å². The first-order chi connectivity index (χ1) is 19.4. The minimum atomic E-state index is -0.702. The van der Waals surface area contributed by atoms with E-state index in [0.29, 0.717) is 43.1 Å². The molecule has 0 aliphatic carbocycles. The molecule has 0 bridgehead atoms. The van der Waals surface area contributed by atoms with E-state index in [0.717, 1.165) is 11.3 Å². The fraction of sp³-hybridized carbons (Fsp3) is 0.267. The number of aromatic nitrogens is 2. The molecule has 10 heteroatoms. The molecule has 2 aromatic heterocycles. The normalized spacial score (nSPS) is 13.3. The lowest BCUT2D eigenvalue weighted by atomic mass is 10.1. The van der Waals surface area contributed by atoms with Crippen LogP contribution in [0.4, 0.5) is 10.1 Å². The standard InChI is InChI=1S/C30H29FN4O5/c1-20-15-24(34-11-13-39-14-12-34)18-35-28(20)33-26(27(30(35)38)40-19-22-5-3-2-4-6-22)29(37)32-17-25(36)16-21-7-9-23(31)10-8-21/h2-10,15,18H,11-14,16-17,19H2,1H3,(H,32,37). The number of hydrogen-bond donors (Lipinski definition) is 1. The molecule has 0 spiro atoms. The van der Waals surface area contributed by atoms with Crippen molar-refractivity contribution >= 4 is 23.0 Å². The van der Waals surface area contributed by atoms with E-state index in [9.17, 15) is 18.8 Å². The van der Waals surface area contributed by atoms with Gasteiger partial charge in [0.15, 0.2) is 11.5 Å². The van der Waals surface area contributed by atoms with Crippen LogP contribution in [0.2, 0.25) is 0 Å². The lowest BCUT2D eigenvalue weighted by Crippen LogP contribution is -2.37. The second kappa shape index (κ2) is 12.1. The van der Waals surface area contributed by atoms with Crippen LogP contribution >= 0.6 is 0 Å². The minimum Gasteiger partial charge on any atom is -0.481 e. The molecular weight excluding hydrogens is 515 g/mol. The van der Waals surface area contributed by atoms with Crippen molar-refractivity contribution in [1.29, 1.82) is 0 Å². The molecule has 9 nitrogen and oxygen atoms in total. The first-order valence-electron chi connectivity index (χ1n) is 13.0. The van der Waals surface area contributed by atoms with Gasteiger partial charge in [-0.2, -0.15) is 0 Å². The van der Waals surface area contributed by atoms with E-state index in [1.54, 1.807) is 6.20 Å². The average molecular weight is 545 g/mol. The quantitative estimate of drug-likeness (QED) is 0.346. The van der Waals surface area contributed by atoms with Gasteiger partial charge in [-0.15, -0.1) is 0 Å². The molecule has 1 aliphatic rings. The molecule has 2 aromatic carbocycles. The summed E-state index contributed by atoms with van der Waals surface area (Å²) in [4.78, 5) is 46.2. The molecule has 0 saturated carbocycles. The highest BCUT2D eigenvalue weighted by Crippen LogP contribution is 2.22. The first kappa shape index (κ1) is 27.0. The number of morpholine rings is 1. The Balaban J connectivity index is 1.44. The van der Waals surface area contributed by atoms with Crippen LogP contribution in [0.5, 0.6) is 5.75 Å². The van der Waals surface area contributed by atoms with Gasteiger partial charge in [0.25, 0.3) is 5.91 Å². The summed E-state index contributed by atoms with van der Waals surface area (Å²) < 4.78 is 25.9. The van der Waals surface area contributed by atoms with Gasteiger partial charge in [-0.3, -0.25) is 18.8 Å². The van der Waals surface area contributed by atoms with Gasteiger partial charge >= 0.3 is 5.56 Å². The third-order valence-electron chi connectivity index (χ3n) is 6.63. The molecular formula is C30H29FN4O5. The van der Waals surface area contributed by atoms with Gasteiger partial charge in [0, 0.05) is 25.7 Å². The number of nitrogens with one attached hydrogen (secondary N) is 1. The van der Waals surface area contributed by atoms with Crippen molar-refractivity contribution in [3.05, 3.63) is 105 Å². The zero-order valence-electron chi connectivity index (χ0n) is 22.1. The largest absolute Gasteiger partial charge is 0.481 e. The third kappa shape index (κ3) is 6.18. The second-order valence-corrected chi connectivity index (χ2v) is 9.57. The summed E-state index contributed by atoms with van der Waals surface area (Å²) in [6, 6.07) is 16.8. The van der Waals surface area contributed by atoms with Gasteiger partial charge < -0.3 is 19.7 Å². The summed E-state index contributed by atoms with van der Waals surface area (Å²) in [5.41, 5.74) is 2.58. The number of fused-ring (bicyclic) bond motifs is 1.